The molecule has 1 aromatic carbocycles. The van der Waals surface area contributed by atoms with Crippen LogP contribution in [0.5, 0.6) is 0 Å². The Morgan fingerprint density at radius 1 is 1.08 bits per heavy atom. The smallest absolute Gasteiger partial charge is 0.344 e. The Hall–Kier alpha value is -1.81. The molecule has 10 nitrogen and oxygen atoms in total. The first-order valence-corrected chi connectivity index (χ1v) is 14.0. The van der Waals surface area contributed by atoms with Crippen molar-refractivity contribution in [3.05, 3.63) is 35.9 Å². The van der Waals surface area contributed by atoms with Crippen molar-refractivity contribution in [1.29, 1.82) is 0 Å². The van der Waals surface area contributed by atoms with E-state index in [1.54, 1.807) is 39.5 Å². The van der Waals surface area contributed by atoms with Gasteiger partial charge in [-0.3, -0.25) is 14.2 Å². The average molecular weight is 528 g/mol. The van der Waals surface area contributed by atoms with Gasteiger partial charge in [0.25, 0.3) is 0 Å². The molecule has 0 radical (unpaired) electrons. The molecule has 0 N–H and O–H groups in total. The second-order valence-electron chi connectivity index (χ2n) is 9.13. The summed E-state index contributed by atoms with van der Waals surface area (Å²) in [6, 6.07) is 9.03. The van der Waals surface area contributed by atoms with E-state index in [0.29, 0.717) is 0 Å². The number of rotatable bonds is 12. The average Bonchev–Trinajstić information content (AvgIpc) is 3.28. The van der Waals surface area contributed by atoms with Crippen molar-refractivity contribution >= 4 is 19.5 Å². The van der Waals surface area contributed by atoms with Gasteiger partial charge in [0.1, 0.15) is 11.8 Å². The fourth-order valence-corrected chi connectivity index (χ4v) is 6.90. The molecule has 2 aliphatic heterocycles. The van der Waals surface area contributed by atoms with Gasteiger partial charge in [0, 0.05) is 13.3 Å². The topological polar surface area (TPSA) is 110 Å². The van der Waals surface area contributed by atoms with E-state index in [0.717, 1.165) is 5.56 Å². The van der Waals surface area contributed by atoms with E-state index < -0.39 is 49.5 Å². The van der Waals surface area contributed by atoms with E-state index in [4.69, 9.17) is 28.0 Å². The fourth-order valence-electron chi connectivity index (χ4n) is 4.95. The van der Waals surface area contributed by atoms with Crippen molar-refractivity contribution in [3.8, 4) is 0 Å². The summed E-state index contributed by atoms with van der Waals surface area (Å²) < 4.78 is 48.5. The number of ether oxygens (including phenoxy) is 4. The molecule has 2 aliphatic rings. The lowest BCUT2D eigenvalue weighted by Gasteiger charge is -2.36. The van der Waals surface area contributed by atoms with Gasteiger partial charge >= 0.3 is 13.6 Å². The molecule has 202 valence electrons. The van der Waals surface area contributed by atoms with Crippen LogP contribution in [0.3, 0.4) is 0 Å². The molecule has 36 heavy (non-hydrogen) atoms. The summed E-state index contributed by atoms with van der Waals surface area (Å²) in [6.45, 7) is 10.6. The Bertz CT molecular complexity index is 931. The van der Waals surface area contributed by atoms with Crippen LogP contribution in [0.25, 0.3) is 0 Å². The van der Waals surface area contributed by atoms with Gasteiger partial charge < -0.3 is 32.9 Å². The van der Waals surface area contributed by atoms with Gasteiger partial charge in [0.15, 0.2) is 11.9 Å². The first-order chi connectivity index (χ1) is 17.1. The van der Waals surface area contributed by atoms with Gasteiger partial charge in [-0.15, -0.1) is 0 Å². The van der Waals surface area contributed by atoms with Crippen LogP contribution in [0.1, 0.15) is 53.5 Å². The SMILES string of the molecule is CCOC(=O)C(C[C@H]1OC(OCc2ccccc2)[C@@H]2OC(C)(C)N(C(C)=O)[C@H]12)P(=O)(OCC)OCC. The van der Waals surface area contributed by atoms with Crippen molar-refractivity contribution in [3.63, 3.8) is 0 Å². The van der Waals surface area contributed by atoms with Crippen LogP contribution in [-0.4, -0.2) is 72.5 Å². The fraction of sp³-hybridized carbons (Fsp3) is 0.680. The molecule has 1 amide bonds. The van der Waals surface area contributed by atoms with Crippen molar-refractivity contribution in [2.24, 2.45) is 0 Å². The molecule has 1 aromatic rings. The van der Waals surface area contributed by atoms with Crippen molar-refractivity contribution < 1.29 is 42.1 Å². The van der Waals surface area contributed by atoms with Crippen LogP contribution in [0.15, 0.2) is 30.3 Å². The molecule has 5 atom stereocenters. The van der Waals surface area contributed by atoms with Crippen LogP contribution in [0.2, 0.25) is 0 Å². The standard InChI is InChI=1S/C25H38NO9P/c1-7-30-23(28)20(36(29,32-8-2)33-9-3)15-19-21-22(35-25(5,6)26(21)17(4)27)24(34-19)31-16-18-13-11-10-12-14-18/h10-14,19-22,24H,7-9,15-16H2,1-6H3/t19-,20?,21-,22-,24?/m1/s1. The van der Waals surface area contributed by atoms with E-state index in [1.165, 1.54) is 6.92 Å². The zero-order chi connectivity index (χ0) is 26.5. The van der Waals surface area contributed by atoms with Crippen molar-refractivity contribution in [2.45, 2.75) is 90.5 Å². The van der Waals surface area contributed by atoms with Crippen molar-refractivity contribution in [1.82, 2.24) is 4.90 Å². The van der Waals surface area contributed by atoms with Gasteiger partial charge in [-0.25, -0.2) is 0 Å². The van der Waals surface area contributed by atoms with Crippen LogP contribution in [-0.2, 0) is 48.8 Å². The largest absolute Gasteiger partial charge is 0.465 e. The maximum Gasteiger partial charge on any atom is 0.344 e. The minimum atomic E-state index is -3.90. The lowest BCUT2D eigenvalue weighted by atomic mass is 10.0. The normalized spacial score (nSPS) is 26.0. The lowest BCUT2D eigenvalue weighted by Crippen LogP contribution is -2.51. The van der Waals surface area contributed by atoms with Crippen LogP contribution in [0, 0.1) is 0 Å². The molecule has 2 heterocycles. The molecule has 0 saturated carbocycles. The Morgan fingerprint density at radius 3 is 2.28 bits per heavy atom. The lowest BCUT2D eigenvalue weighted by molar-refractivity contribution is -0.213. The van der Waals surface area contributed by atoms with Crippen LogP contribution in [0.4, 0.5) is 0 Å². The first kappa shape index (κ1) is 28.8. The number of nitrogens with zero attached hydrogens (tertiary/aromatic N) is 1. The van der Waals surface area contributed by atoms with E-state index >= 15 is 0 Å². The summed E-state index contributed by atoms with van der Waals surface area (Å²) in [4.78, 5) is 27.3. The molecule has 2 unspecified atom stereocenters. The van der Waals surface area contributed by atoms with Gasteiger partial charge in [0.05, 0.1) is 38.6 Å². The number of hydrogen-bond acceptors (Lipinski definition) is 9. The highest BCUT2D eigenvalue weighted by Crippen LogP contribution is 2.56. The second kappa shape index (κ2) is 12.2. The highest BCUT2D eigenvalue weighted by molar-refractivity contribution is 7.55. The molecule has 2 saturated heterocycles. The summed E-state index contributed by atoms with van der Waals surface area (Å²) in [6.07, 6.45) is -2.24. The van der Waals surface area contributed by atoms with Gasteiger partial charge in [0.2, 0.25) is 5.91 Å². The number of benzene rings is 1. The zero-order valence-corrected chi connectivity index (χ0v) is 22.8. The molecule has 11 heteroatoms. The van der Waals surface area contributed by atoms with E-state index in [9.17, 15) is 14.2 Å². The van der Waals surface area contributed by atoms with E-state index in [2.05, 4.69) is 0 Å². The number of esters is 1. The van der Waals surface area contributed by atoms with Gasteiger partial charge in [-0.1, -0.05) is 30.3 Å². The Kier molecular flexibility index (Phi) is 9.71. The predicted octanol–water partition coefficient (Wildman–Crippen LogP) is 3.87. The quantitative estimate of drug-likeness (QED) is 0.296. The summed E-state index contributed by atoms with van der Waals surface area (Å²) in [5, 5.41) is 0. The first-order valence-electron chi connectivity index (χ1n) is 12.4. The predicted molar refractivity (Wildman–Crippen MR) is 131 cm³/mol. The summed E-state index contributed by atoms with van der Waals surface area (Å²) in [5.74, 6) is -0.917. The Labute approximate surface area is 213 Å². The summed E-state index contributed by atoms with van der Waals surface area (Å²) in [7, 11) is -3.90. The number of hydrogen-bond donors (Lipinski definition) is 0. The molecular formula is C25H38NO9P. The number of amides is 1. The van der Waals surface area contributed by atoms with Crippen LogP contribution >= 0.6 is 7.60 Å². The summed E-state index contributed by atoms with van der Waals surface area (Å²) in [5.41, 5.74) is -1.22. The minimum absolute atomic E-state index is 0.0638. The summed E-state index contributed by atoms with van der Waals surface area (Å²) >= 11 is 0. The monoisotopic (exact) mass is 527 g/mol. The number of carbonyl (C=O) groups excluding carboxylic acids is 2. The molecule has 0 bridgehead atoms. The highest BCUT2D eigenvalue weighted by atomic mass is 31.2. The van der Waals surface area contributed by atoms with Gasteiger partial charge in [-0.05, 0) is 40.2 Å². The molecule has 3 rings (SSSR count). The molecular weight excluding hydrogens is 489 g/mol. The molecule has 2 fully saturated rings. The van der Waals surface area contributed by atoms with Crippen LogP contribution < -0.4 is 0 Å². The van der Waals surface area contributed by atoms with E-state index in [1.807, 2.05) is 30.3 Å². The minimum Gasteiger partial charge on any atom is -0.465 e. The third-order valence-electron chi connectivity index (χ3n) is 6.21. The third-order valence-corrected chi connectivity index (χ3v) is 8.63. The molecule has 0 spiro atoms. The number of carbonyl (C=O) groups is 2. The van der Waals surface area contributed by atoms with E-state index in [-0.39, 0.29) is 38.8 Å². The maximum absolute atomic E-state index is 13.7. The Morgan fingerprint density at radius 2 is 1.72 bits per heavy atom. The second-order valence-corrected chi connectivity index (χ2v) is 11.3. The Balaban J connectivity index is 1.93. The zero-order valence-electron chi connectivity index (χ0n) is 21.9. The molecule has 0 aliphatic carbocycles. The van der Waals surface area contributed by atoms with Gasteiger partial charge in [-0.2, -0.15) is 0 Å². The maximum atomic E-state index is 13.7. The molecule has 0 aromatic heterocycles. The van der Waals surface area contributed by atoms with Crippen molar-refractivity contribution in [2.75, 3.05) is 19.8 Å². The number of fused-ring (bicyclic) bond motifs is 1. The highest BCUT2D eigenvalue weighted by Gasteiger charge is 2.61. The third kappa shape index (κ3) is 6.18.